The number of carboxylic acid groups (broad SMARTS) is 2. The minimum absolute atomic E-state index is 0.281. The summed E-state index contributed by atoms with van der Waals surface area (Å²) in [5, 5.41) is 18.3. The largest absolute Gasteiger partial charge is 0.473 e. The third-order valence-corrected chi connectivity index (χ3v) is 4.36. The van der Waals surface area contributed by atoms with Crippen molar-refractivity contribution in [2.45, 2.75) is 13.5 Å². The molecule has 3 rings (SSSR count). The van der Waals surface area contributed by atoms with Crippen molar-refractivity contribution >= 4 is 29.5 Å². The van der Waals surface area contributed by atoms with E-state index in [1.807, 2.05) is 11.6 Å². The molecule has 0 aliphatic carbocycles. The van der Waals surface area contributed by atoms with E-state index < -0.39 is 11.9 Å². The highest BCUT2D eigenvalue weighted by Crippen LogP contribution is 2.24. The zero-order valence-corrected chi connectivity index (χ0v) is 16.4. The number of halogens is 2. The maximum Gasteiger partial charge on any atom is 0.414 e. The average Bonchev–Trinajstić information content (AvgIpc) is 3.03. The Balaban J connectivity index is 0.000000438. The second kappa shape index (κ2) is 9.70. The molecule has 1 heterocycles. The van der Waals surface area contributed by atoms with Crippen LogP contribution < -0.4 is 5.32 Å². The SMILES string of the molecule is Cc1ccc(-c2cnc(NCc3c(F)cccc3Cl)n2C)cc1.O=C(O)C(=O)O. The van der Waals surface area contributed by atoms with Gasteiger partial charge in [-0.2, -0.15) is 0 Å². The summed E-state index contributed by atoms with van der Waals surface area (Å²) in [5.74, 6) is -3.30. The van der Waals surface area contributed by atoms with Crippen molar-refractivity contribution in [3.63, 3.8) is 0 Å². The van der Waals surface area contributed by atoms with E-state index in [9.17, 15) is 4.39 Å². The van der Waals surface area contributed by atoms with E-state index in [-0.39, 0.29) is 12.4 Å². The third kappa shape index (κ3) is 5.79. The number of rotatable bonds is 4. The molecule has 0 amide bonds. The third-order valence-electron chi connectivity index (χ3n) is 4.00. The Morgan fingerprint density at radius 2 is 1.76 bits per heavy atom. The number of hydrogen-bond acceptors (Lipinski definition) is 4. The van der Waals surface area contributed by atoms with Gasteiger partial charge in [0.1, 0.15) is 5.82 Å². The van der Waals surface area contributed by atoms with Crippen LogP contribution >= 0.6 is 11.6 Å². The Hall–Kier alpha value is -3.39. The van der Waals surface area contributed by atoms with Crippen molar-refractivity contribution in [3.05, 3.63) is 70.6 Å². The Morgan fingerprint density at radius 3 is 2.31 bits per heavy atom. The fourth-order valence-electron chi connectivity index (χ4n) is 2.43. The number of nitrogens with one attached hydrogen (secondary N) is 1. The van der Waals surface area contributed by atoms with E-state index in [1.165, 1.54) is 11.6 Å². The monoisotopic (exact) mass is 419 g/mol. The van der Waals surface area contributed by atoms with Gasteiger partial charge in [-0.15, -0.1) is 0 Å². The topological polar surface area (TPSA) is 104 Å². The van der Waals surface area contributed by atoms with Gasteiger partial charge in [0.05, 0.1) is 11.9 Å². The summed E-state index contributed by atoms with van der Waals surface area (Å²) in [5.41, 5.74) is 3.73. The Labute approximate surface area is 171 Å². The highest BCUT2D eigenvalue weighted by molar-refractivity contribution is 6.31. The first-order valence-corrected chi connectivity index (χ1v) is 8.80. The van der Waals surface area contributed by atoms with Crippen molar-refractivity contribution in [2.75, 3.05) is 5.32 Å². The second-order valence-corrected chi connectivity index (χ2v) is 6.46. The number of aryl methyl sites for hydroxylation is 1. The van der Waals surface area contributed by atoms with Crippen LogP contribution in [-0.2, 0) is 23.2 Å². The molecule has 29 heavy (non-hydrogen) atoms. The van der Waals surface area contributed by atoms with Crippen LogP contribution in [-0.4, -0.2) is 31.7 Å². The Kier molecular flexibility index (Phi) is 7.33. The van der Waals surface area contributed by atoms with Gasteiger partial charge in [-0.1, -0.05) is 47.5 Å². The van der Waals surface area contributed by atoms with Crippen LogP contribution in [0.1, 0.15) is 11.1 Å². The normalized spacial score (nSPS) is 10.1. The molecule has 3 N–H and O–H groups in total. The smallest absolute Gasteiger partial charge is 0.414 e. The van der Waals surface area contributed by atoms with Gasteiger partial charge in [-0.05, 0) is 24.6 Å². The van der Waals surface area contributed by atoms with Crippen LogP contribution in [0.5, 0.6) is 0 Å². The number of aliphatic carboxylic acids is 2. The molecule has 2 aromatic carbocycles. The van der Waals surface area contributed by atoms with Gasteiger partial charge in [0, 0.05) is 24.2 Å². The molecule has 0 radical (unpaired) electrons. The molecule has 0 spiro atoms. The first-order chi connectivity index (χ1) is 13.7. The highest BCUT2D eigenvalue weighted by Gasteiger charge is 2.11. The van der Waals surface area contributed by atoms with Gasteiger partial charge in [0.15, 0.2) is 0 Å². The van der Waals surface area contributed by atoms with E-state index in [2.05, 4.69) is 41.5 Å². The standard InChI is InChI=1S/C18H17ClFN3.C2H2O4/c1-12-6-8-13(9-7-12)17-11-22-18(23(17)2)21-10-14-15(19)4-3-5-16(14)20;3-1(4)2(5)6/h3-9,11H,10H2,1-2H3,(H,21,22);(H,3,4)(H,5,6). The quantitative estimate of drug-likeness (QED) is 0.553. The van der Waals surface area contributed by atoms with Crippen molar-refractivity contribution in [2.24, 2.45) is 7.05 Å². The Bertz CT molecular complexity index is 987. The zero-order chi connectivity index (χ0) is 21.6. The van der Waals surface area contributed by atoms with E-state index >= 15 is 0 Å². The highest BCUT2D eigenvalue weighted by atomic mass is 35.5. The Morgan fingerprint density at radius 1 is 1.14 bits per heavy atom. The number of nitrogens with zero attached hydrogens (tertiary/aromatic N) is 2. The predicted octanol–water partition coefficient (Wildman–Crippen LogP) is 3.96. The number of anilines is 1. The minimum atomic E-state index is -1.82. The molecule has 152 valence electrons. The summed E-state index contributed by atoms with van der Waals surface area (Å²) in [6.07, 6.45) is 1.80. The fraction of sp³-hybridized carbons (Fsp3) is 0.150. The van der Waals surface area contributed by atoms with Gasteiger partial charge in [0.2, 0.25) is 5.95 Å². The van der Waals surface area contributed by atoms with Crippen molar-refractivity contribution in [3.8, 4) is 11.3 Å². The first-order valence-electron chi connectivity index (χ1n) is 8.42. The lowest BCUT2D eigenvalue weighted by Gasteiger charge is -2.10. The summed E-state index contributed by atoms with van der Waals surface area (Å²) < 4.78 is 15.8. The number of aromatic nitrogens is 2. The van der Waals surface area contributed by atoms with Gasteiger partial charge >= 0.3 is 11.9 Å². The molecule has 0 aliphatic rings. The molecular weight excluding hydrogens is 401 g/mol. The van der Waals surface area contributed by atoms with Crippen LogP contribution in [0.4, 0.5) is 10.3 Å². The van der Waals surface area contributed by atoms with E-state index in [0.717, 1.165) is 11.3 Å². The maximum atomic E-state index is 13.8. The van der Waals surface area contributed by atoms with Gasteiger partial charge in [0.25, 0.3) is 0 Å². The van der Waals surface area contributed by atoms with E-state index in [1.54, 1.807) is 18.3 Å². The van der Waals surface area contributed by atoms with E-state index in [0.29, 0.717) is 16.5 Å². The second-order valence-electron chi connectivity index (χ2n) is 6.06. The van der Waals surface area contributed by atoms with Crippen molar-refractivity contribution in [1.29, 1.82) is 0 Å². The zero-order valence-electron chi connectivity index (χ0n) is 15.7. The summed E-state index contributed by atoms with van der Waals surface area (Å²) in [6, 6.07) is 12.9. The fourth-order valence-corrected chi connectivity index (χ4v) is 2.66. The summed E-state index contributed by atoms with van der Waals surface area (Å²) in [6.45, 7) is 2.34. The molecular formula is C20H19ClFN3O4. The van der Waals surface area contributed by atoms with Crippen LogP contribution in [0.15, 0.2) is 48.7 Å². The molecule has 7 nitrogen and oxygen atoms in total. The number of carbonyl (C=O) groups is 2. The summed E-state index contributed by atoms with van der Waals surface area (Å²) in [7, 11) is 1.92. The molecule has 0 saturated heterocycles. The molecule has 0 bridgehead atoms. The molecule has 0 atom stereocenters. The van der Waals surface area contributed by atoms with Crippen molar-refractivity contribution < 1.29 is 24.2 Å². The summed E-state index contributed by atoms with van der Waals surface area (Å²) in [4.78, 5) is 22.6. The molecule has 1 aromatic heterocycles. The van der Waals surface area contributed by atoms with Gasteiger partial charge in [-0.3, -0.25) is 0 Å². The number of benzene rings is 2. The number of hydrogen-bond donors (Lipinski definition) is 3. The van der Waals surface area contributed by atoms with Crippen LogP contribution in [0.3, 0.4) is 0 Å². The number of imidazole rings is 1. The first kappa shape index (κ1) is 21.9. The lowest BCUT2D eigenvalue weighted by atomic mass is 10.1. The van der Waals surface area contributed by atoms with E-state index in [4.69, 9.17) is 31.4 Å². The van der Waals surface area contributed by atoms with Crippen LogP contribution in [0, 0.1) is 12.7 Å². The average molecular weight is 420 g/mol. The molecule has 0 fully saturated rings. The molecule has 0 unspecified atom stereocenters. The number of carboxylic acids is 2. The molecule has 3 aromatic rings. The van der Waals surface area contributed by atoms with Gasteiger partial charge < -0.3 is 20.1 Å². The lowest BCUT2D eigenvalue weighted by Crippen LogP contribution is -2.09. The maximum absolute atomic E-state index is 13.8. The van der Waals surface area contributed by atoms with Crippen molar-refractivity contribution in [1.82, 2.24) is 9.55 Å². The van der Waals surface area contributed by atoms with Gasteiger partial charge in [-0.25, -0.2) is 19.0 Å². The molecule has 0 saturated carbocycles. The predicted molar refractivity (Wildman–Crippen MR) is 107 cm³/mol. The van der Waals surface area contributed by atoms with Crippen LogP contribution in [0.25, 0.3) is 11.3 Å². The summed E-state index contributed by atoms with van der Waals surface area (Å²) >= 11 is 6.04. The lowest BCUT2D eigenvalue weighted by molar-refractivity contribution is -0.159. The van der Waals surface area contributed by atoms with Crippen LogP contribution in [0.2, 0.25) is 5.02 Å². The molecule has 9 heteroatoms. The minimum Gasteiger partial charge on any atom is -0.473 e. The molecule has 0 aliphatic heterocycles.